The van der Waals surface area contributed by atoms with Crippen molar-refractivity contribution < 1.29 is 0 Å². The van der Waals surface area contributed by atoms with E-state index in [0.717, 1.165) is 25.2 Å². The lowest BCUT2D eigenvalue weighted by molar-refractivity contribution is 0.546. The number of fused-ring (bicyclic) bond motifs is 1. The SMILES string of the molecule is C#CCC(C)NCc1nn(CC)c2ccccc12. The van der Waals surface area contributed by atoms with Crippen molar-refractivity contribution >= 4 is 10.9 Å². The molecule has 2 aromatic rings. The van der Waals surface area contributed by atoms with Crippen LogP contribution in [0.3, 0.4) is 0 Å². The van der Waals surface area contributed by atoms with Crippen LogP contribution in [-0.4, -0.2) is 15.8 Å². The molecular formula is C15H19N3. The van der Waals surface area contributed by atoms with Crippen LogP contribution in [0, 0.1) is 12.3 Å². The number of benzene rings is 1. The predicted octanol–water partition coefficient (Wildman–Crippen LogP) is 2.56. The van der Waals surface area contributed by atoms with Gasteiger partial charge in [0, 0.05) is 30.9 Å². The molecule has 2 rings (SSSR count). The third-order valence-corrected chi connectivity index (χ3v) is 3.08. The van der Waals surface area contributed by atoms with E-state index in [4.69, 9.17) is 6.42 Å². The quantitative estimate of drug-likeness (QED) is 0.815. The van der Waals surface area contributed by atoms with Crippen molar-refractivity contribution in [2.24, 2.45) is 0 Å². The summed E-state index contributed by atoms with van der Waals surface area (Å²) in [6.45, 7) is 5.85. The van der Waals surface area contributed by atoms with Crippen LogP contribution in [0.25, 0.3) is 10.9 Å². The van der Waals surface area contributed by atoms with E-state index >= 15 is 0 Å². The normalized spacial score (nSPS) is 12.5. The Morgan fingerprint density at radius 2 is 2.22 bits per heavy atom. The summed E-state index contributed by atoms with van der Waals surface area (Å²) < 4.78 is 2.04. The third kappa shape index (κ3) is 2.55. The molecule has 3 heteroatoms. The molecular weight excluding hydrogens is 222 g/mol. The second-order valence-corrected chi connectivity index (χ2v) is 4.47. The Labute approximate surface area is 108 Å². The first-order chi connectivity index (χ1) is 8.76. The highest BCUT2D eigenvalue weighted by molar-refractivity contribution is 5.81. The average molecular weight is 241 g/mol. The summed E-state index contributed by atoms with van der Waals surface area (Å²) >= 11 is 0. The summed E-state index contributed by atoms with van der Waals surface area (Å²) in [5, 5.41) is 9.28. The Morgan fingerprint density at radius 1 is 1.44 bits per heavy atom. The molecule has 0 aliphatic heterocycles. The number of para-hydroxylation sites is 1. The number of aromatic nitrogens is 2. The second-order valence-electron chi connectivity index (χ2n) is 4.47. The molecule has 0 aliphatic rings. The summed E-state index contributed by atoms with van der Waals surface area (Å²) in [6, 6.07) is 8.66. The van der Waals surface area contributed by atoms with Crippen molar-refractivity contribution in [1.82, 2.24) is 15.1 Å². The molecule has 1 aromatic heterocycles. The minimum atomic E-state index is 0.320. The molecule has 0 bridgehead atoms. The van der Waals surface area contributed by atoms with Gasteiger partial charge in [0.05, 0.1) is 11.2 Å². The third-order valence-electron chi connectivity index (χ3n) is 3.08. The minimum absolute atomic E-state index is 0.320. The van der Waals surface area contributed by atoms with Gasteiger partial charge in [0.2, 0.25) is 0 Å². The van der Waals surface area contributed by atoms with E-state index in [9.17, 15) is 0 Å². The molecule has 0 aliphatic carbocycles. The van der Waals surface area contributed by atoms with Gasteiger partial charge in [0.1, 0.15) is 0 Å². The maximum atomic E-state index is 5.30. The number of nitrogens with one attached hydrogen (secondary N) is 1. The van der Waals surface area contributed by atoms with E-state index in [2.05, 4.69) is 48.4 Å². The molecule has 0 saturated carbocycles. The molecule has 0 amide bonds. The van der Waals surface area contributed by atoms with Gasteiger partial charge < -0.3 is 5.32 Å². The zero-order chi connectivity index (χ0) is 13.0. The van der Waals surface area contributed by atoms with Crippen molar-refractivity contribution in [3.05, 3.63) is 30.0 Å². The Bertz CT molecular complexity index is 563. The molecule has 94 valence electrons. The van der Waals surface area contributed by atoms with Gasteiger partial charge in [-0.2, -0.15) is 5.10 Å². The lowest BCUT2D eigenvalue weighted by Crippen LogP contribution is -2.25. The maximum Gasteiger partial charge on any atom is 0.0841 e. The molecule has 0 spiro atoms. The number of hydrogen-bond donors (Lipinski definition) is 1. The van der Waals surface area contributed by atoms with E-state index in [0.29, 0.717) is 6.04 Å². The summed E-state index contributed by atoms with van der Waals surface area (Å²) in [5.41, 5.74) is 2.29. The van der Waals surface area contributed by atoms with Crippen LogP contribution in [0.15, 0.2) is 24.3 Å². The number of aryl methyl sites for hydroxylation is 1. The van der Waals surface area contributed by atoms with Gasteiger partial charge in [-0.3, -0.25) is 4.68 Å². The fourth-order valence-electron chi connectivity index (χ4n) is 2.09. The minimum Gasteiger partial charge on any atom is -0.308 e. The van der Waals surface area contributed by atoms with Crippen LogP contribution in [0.4, 0.5) is 0 Å². The molecule has 1 heterocycles. The first-order valence-electron chi connectivity index (χ1n) is 6.37. The highest BCUT2D eigenvalue weighted by Gasteiger charge is 2.09. The number of hydrogen-bond acceptors (Lipinski definition) is 2. The predicted molar refractivity (Wildman–Crippen MR) is 75.2 cm³/mol. The van der Waals surface area contributed by atoms with Crippen LogP contribution >= 0.6 is 0 Å². The fourth-order valence-corrected chi connectivity index (χ4v) is 2.09. The number of terminal acetylenes is 1. The summed E-state index contributed by atoms with van der Waals surface area (Å²) in [5.74, 6) is 2.67. The van der Waals surface area contributed by atoms with Gasteiger partial charge in [0.25, 0.3) is 0 Å². The molecule has 3 nitrogen and oxygen atoms in total. The van der Waals surface area contributed by atoms with Crippen LogP contribution in [-0.2, 0) is 13.1 Å². The monoisotopic (exact) mass is 241 g/mol. The Hall–Kier alpha value is -1.79. The van der Waals surface area contributed by atoms with Gasteiger partial charge in [-0.05, 0) is 19.9 Å². The fraction of sp³-hybridized carbons (Fsp3) is 0.400. The van der Waals surface area contributed by atoms with Gasteiger partial charge in [0.15, 0.2) is 0 Å². The number of rotatable bonds is 5. The van der Waals surface area contributed by atoms with E-state index in [1.165, 1.54) is 10.9 Å². The lowest BCUT2D eigenvalue weighted by Gasteiger charge is -2.08. The second kappa shape index (κ2) is 5.70. The highest BCUT2D eigenvalue weighted by Crippen LogP contribution is 2.18. The molecule has 0 saturated heterocycles. The molecule has 18 heavy (non-hydrogen) atoms. The van der Waals surface area contributed by atoms with Crippen LogP contribution in [0.2, 0.25) is 0 Å². The molecule has 0 radical (unpaired) electrons. The average Bonchev–Trinajstić information content (AvgIpc) is 2.75. The van der Waals surface area contributed by atoms with Gasteiger partial charge >= 0.3 is 0 Å². The number of nitrogens with zero attached hydrogens (tertiary/aromatic N) is 2. The molecule has 1 atom stereocenters. The zero-order valence-corrected chi connectivity index (χ0v) is 11.0. The van der Waals surface area contributed by atoms with E-state index in [1.807, 2.05) is 10.7 Å². The molecule has 0 fully saturated rings. The summed E-state index contributed by atoms with van der Waals surface area (Å²) in [4.78, 5) is 0. The van der Waals surface area contributed by atoms with E-state index in [1.54, 1.807) is 0 Å². The smallest absolute Gasteiger partial charge is 0.0841 e. The topological polar surface area (TPSA) is 29.9 Å². The van der Waals surface area contributed by atoms with Crippen LogP contribution < -0.4 is 5.32 Å². The Morgan fingerprint density at radius 3 is 2.94 bits per heavy atom. The first kappa shape index (κ1) is 12.7. The molecule has 1 aromatic carbocycles. The van der Waals surface area contributed by atoms with E-state index in [-0.39, 0.29) is 0 Å². The maximum absolute atomic E-state index is 5.30. The molecule has 1 N–H and O–H groups in total. The van der Waals surface area contributed by atoms with Gasteiger partial charge in [-0.1, -0.05) is 18.2 Å². The van der Waals surface area contributed by atoms with Crippen molar-refractivity contribution in [2.45, 2.75) is 39.4 Å². The van der Waals surface area contributed by atoms with Gasteiger partial charge in [-0.15, -0.1) is 12.3 Å². The van der Waals surface area contributed by atoms with E-state index < -0.39 is 0 Å². The first-order valence-corrected chi connectivity index (χ1v) is 6.37. The molecule has 1 unspecified atom stereocenters. The Balaban J connectivity index is 2.21. The largest absolute Gasteiger partial charge is 0.308 e. The van der Waals surface area contributed by atoms with Crippen LogP contribution in [0.5, 0.6) is 0 Å². The van der Waals surface area contributed by atoms with Crippen molar-refractivity contribution in [3.8, 4) is 12.3 Å². The van der Waals surface area contributed by atoms with Crippen molar-refractivity contribution in [3.63, 3.8) is 0 Å². The lowest BCUT2D eigenvalue weighted by atomic mass is 10.2. The van der Waals surface area contributed by atoms with Gasteiger partial charge in [-0.25, -0.2) is 0 Å². The highest BCUT2D eigenvalue weighted by atomic mass is 15.3. The standard InChI is InChI=1S/C15H19N3/c1-4-8-12(3)16-11-14-13-9-6-7-10-15(13)18(5-2)17-14/h1,6-7,9-10,12,16H,5,8,11H2,2-3H3. The van der Waals surface area contributed by atoms with Crippen molar-refractivity contribution in [2.75, 3.05) is 0 Å². The Kier molecular flexibility index (Phi) is 4.01. The summed E-state index contributed by atoms with van der Waals surface area (Å²) in [7, 11) is 0. The summed E-state index contributed by atoms with van der Waals surface area (Å²) in [6.07, 6.45) is 6.05. The zero-order valence-electron chi connectivity index (χ0n) is 11.0. The van der Waals surface area contributed by atoms with Crippen LogP contribution in [0.1, 0.15) is 26.0 Å². The van der Waals surface area contributed by atoms with Crippen molar-refractivity contribution in [1.29, 1.82) is 0 Å².